The number of aromatic nitrogens is 2. The zero-order valence-electron chi connectivity index (χ0n) is 9.28. The Morgan fingerprint density at radius 3 is 2.53 bits per heavy atom. The van der Waals surface area contributed by atoms with Gasteiger partial charge in [-0.15, -0.1) is 10.2 Å². The van der Waals surface area contributed by atoms with E-state index in [0.29, 0.717) is 0 Å². The highest BCUT2D eigenvalue weighted by molar-refractivity contribution is 5.39. The lowest BCUT2D eigenvalue weighted by atomic mass is 10.1. The van der Waals surface area contributed by atoms with Crippen molar-refractivity contribution >= 4 is 0 Å². The van der Waals surface area contributed by atoms with Crippen molar-refractivity contribution in [1.82, 2.24) is 10.2 Å². The van der Waals surface area contributed by atoms with Gasteiger partial charge in [0.2, 0.25) is 5.89 Å². The molecule has 2 rings (SSSR count). The highest BCUT2D eigenvalue weighted by Gasteiger charge is 2.42. The van der Waals surface area contributed by atoms with Crippen LogP contribution in [0.25, 0.3) is 0 Å². The minimum Gasteiger partial charge on any atom is -0.496 e. The fraction of sp³-hybridized carbons (Fsp3) is 0.273. The fourth-order valence-electron chi connectivity index (χ4n) is 1.44. The number of benzene rings is 1. The standard InChI is InChI=1S/C11H10F2N2O2/c1-7-14-15-10(17-7)11(12,13)8-5-3-4-6-9(8)16-2/h3-6H,1-2H3. The van der Waals surface area contributed by atoms with Gasteiger partial charge in [-0.1, -0.05) is 12.1 Å². The van der Waals surface area contributed by atoms with E-state index in [1.807, 2.05) is 0 Å². The number of hydrogen-bond donors (Lipinski definition) is 0. The molecule has 0 aliphatic carbocycles. The molecule has 0 spiro atoms. The van der Waals surface area contributed by atoms with Gasteiger partial charge in [-0.25, -0.2) is 0 Å². The Bertz CT molecular complexity index is 526. The van der Waals surface area contributed by atoms with Crippen molar-refractivity contribution in [3.8, 4) is 5.75 Å². The summed E-state index contributed by atoms with van der Waals surface area (Å²) >= 11 is 0. The van der Waals surface area contributed by atoms with Crippen molar-refractivity contribution in [2.24, 2.45) is 0 Å². The van der Waals surface area contributed by atoms with Crippen LogP contribution >= 0.6 is 0 Å². The molecule has 4 nitrogen and oxygen atoms in total. The Morgan fingerprint density at radius 1 is 1.24 bits per heavy atom. The third kappa shape index (κ3) is 1.98. The number of aryl methyl sites for hydroxylation is 1. The average molecular weight is 240 g/mol. The lowest BCUT2D eigenvalue weighted by Gasteiger charge is -2.15. The topological polar surface area (TPSA) is 48.2 Å². The van der Waals surface area contributed by atoms with Crippen LogP contribution in [0.5, 0.6) is 5.75 Å². The van der Waals surface area contributed by atoms with Crippen molar-refractivity contribution in [3.63, 3.8) is 0 Å². The van der Waals surface area contributed by atoms with E-state index in [1.54, 1.807) is 6.07 Å². The number of para-hydroxylation sites is 1. The minimum atomic E-state index is -3.37. The van der Waals surface area contributed by atoms with Crippen molar-refractivity contribution < 1.29 is 17.9 Å². The summed E-state index contributed by atoms with van der Waals surface area (Å²) in [5, 5.41) is 6.74. The van der Waals surface area contributed by atoms with Crippen molar-refractivity contribution in [2.75, 3.05) is 7.11 Å². The monoisotopic (exact) mass is 240 g/mol. The maximum absolute atomic E-state index is 14.1. The predicted octanol–water partition coefficient (Wildman–Crippen LogP) is 2.53. The summed E-state index contributed by atoms with van der Waals surface area (Å²) in [5.41, 5.74) is -0.300. The normalized spacial score (nSPS) is 11.5. The van der Waals surface area contributed by atoms with Crippen LogP contribution in [-0.2, 0) is 5.92 Å². The highest BCUT2D eigenvalue weighted by atomic mass is 19.3. The zero-order valence-corrected chi connectivity index (χ0v) is 9.28. The number of nitrogens with zero attached hydrogens (tertiary/aromatic N) is 2. The first-order chi connectivity index (χ1) is 8.05. The van der Waals surface area contributed by atoms with Crippen LogP contribution in [0.1, 0.15) is 17.3 Å². The molecular weight excluding hydrogens is 230 g/mol. The highest BCUT2D eigenvalue weighted by Crippen LogP contribution is 2.39. The molecule has 2 aromatic rings. The van der Waals surface area contributed by atoms with Gasteiger partial charge < -0.3 is 9.15 Å². The second kappa shape index (κ2) is 4.12. The molecule has 0 aliphatic heterocycles. The quantitative estimate of drug-likeness (QED) is 0.827. The van der Waals surface area contributed by atoms with Gasteiger partial charge in [-0.3, -0.25) is 0 Å². The second-order valence-corrected chi connectivity index (χ2v) is 3.40. The van der Waals surface area contributed by atoms with Gasteiger partial charge >= 0.3 is 5.92 Å². The van der Waals surface area contributed by atoms with Gasteiger partial charge in [-0.05, 0) is 12.1 Å². The number of halogens is 2. The summed E-state index contributed by atoms with van der Waals surface area (Å²) in [7, 11) is 1.33. The maximum Gasteiger partial charge on any atom is 0.352 e. The van der Waals surface area contributed by atoms with Gasteiger partial charge in [0, 0.05) is 6.92 Å². The summed E-state index contributed by atoms with van der Waals surface area (Å²) in [5.74, 6) is -3.93. The summed E-state index contributed by atoms with van der Waals surface area (Å²) < 4.78 is 37.8. The molecule has 0 radical (unpaired) electrons. The number of alkyl halides is 2. The molecule has 6 heteroatoms. The minimum absolute atomic E-state index is 0.0772. The van der Waals surface area contributed by atoms with Gasteiger partial charge in [0.15, 0.2) is 0 Å². The molecule has 0 aliphatic rings. The van der Waals surface area contributed by atoms with Crippen LogP contribution < -0.4 is 4.74 Å². The zero-order chi connectivity index (χ0) is 12.5. The SMILES string of the molecule is COc1ccccc1C(F)(F)c1nnc(C)o1. The molecular formula is C11H10F2N2O2. The van der Waals surface area contributed by atoms with Crippen LogP contribution in [0.2, 0.25) is 0 Å². The Kier molecular flexibility index (Phi) is 2.79. The van der Waals surface area contributed by atoms with E-state index in [1.165, 1.54) is 32.2 Å². The largest absolute Gasteiger partial charge is 0.496 e. The van der Waals surface area contributed by atoms with E-state index < -0.39 is 11.8 Å². The number of ether oxygens (including phenoxy) is 1. The smallest absolute Gasteiger partial charge is 0.352 e. The molecule has 17 heavy (non-hydrogen) atoms. The van der Waals surface area contributed by atoms with E-state index in [9.17, 15) is 8.78 Å². The first-order valence-corrected chi connectivity index (χ1v) is 4.87. The van der Waals surface area contributed by atoms with E-state index in [4.69, 9.17) is 9.15 Å². The fourth-order valence-corrected chi connectivity index (χ4v) is 1.44. The number of methoxy groups -OCH3 is 1. The number of rotatable bonds is 3. The second-order valence-electron chi connectivity index (χ2n) is 3.40. The first kappa shape index (κ1) is 11.5. The van der Waals surface area contributed by atoms with Crippen molar-refractivity contribution in [3.05, 3.63) is 41.6 Å². The molecule has 0 N–H and O–H groups in total. The average Bonchev–Trinajstić information content (AvgIpc) is 2.76. The Hall–Kier alpha value is -1.98. The molecule has 1 aromatic heterocycles. The van der Waals surface area contributed by atoms with Gasteiger partial charge in [0.1, 0.15) is 5.75 Å². The molecule has 0 bridgehead atoms. The van der Waals surface area contributed by atoms with E-state index in [2.05, 4.69) is 10.2 Å². The molecule has 1 aromatic carbocycles. The molecule has 0 saturated carbocycles. The van der Waals surface area contributed by atoms with Crippen molar-refractivity contribution in [1.29, 1.82) is 0 Å². The van der Waals surface area contributed by atoms with Crippen LogP contribution in [0.4, 0.5) is 8.78 Å². The molecule has 0 saturated heterocycles. The van der Waals surface area contributed by atoms with Crippen LogP contribution in [0.15, 0.2) is 28.7 Å². The molecule has 90 valence electrons. The van der Waals surface area contributed by atoms with Gasteiger partial charge in [-0.2, -0.15) is 8.78 Å². The van der Waals surface area contributed by atoms with Crippen LogP contribution in [0.3, 0.4) is 0 Å². The summed E-state index contributed by atoms with van der Waals surface area (Å²) in [4.78, 5) is 0. The Balaban J connectivity index is 2.50. The summed E-state index contributed by atoms with van der Waals surface area (Å²) in [6.07, 6.45) is 0. The van der Waals surface area contributed by atoms with Crippen molar-refractivity contribution in [2.45, 2.75) is 12.8 Å². The van der Waals surface area contributed by atoms with E-state index >= 15 is 0 Å². The summed E-state index contributed by atoms with van der Waals surface area (Å²) in [6.45, 7) is 1.45. The molecule has 0 atom stereocenters. The lowest BCUT2D eigenvalue weighted by Crippen LogP contribution is -2.17. The molecule has 0 fully saturated rings. The first-order valence-electron chi connectivity index (χ1n) is 4.87. The molecule has 0 amide bonds. The van der Waals surface area contributed by atoms with Crippen LogP contribution in [-0.4, -0.2) is 17.3 Å². The lowest BCUT2D eigenvalue weighted by molar-refractivity contribution is 0.0101. The molecule has 0 unspecified atom stereocenters. The third-order valence-electron chi connectivity index (χ3n) is 2.24. The maximum atomic E-state index is 14.1. The number of hydrogen-bond acceptors (Lipinski definition) is 4. The third-order valence-corrected chi connectivity index (χ3v) is 2.24. The van der Waals surface area contributed by atoms with Gasteiger partial charge in [0.25, 0.3) is 5.89 Å². The van der Waals surface area contributed by atoms with Crippen LogP contribution in [0, 0.1) is 6.92 Å². The van der Waals surface area contributed by atoms with E-state index in [0.717, 1.165) is 0 Å². The summed E-state index contributed by atoms with van der Waals surface area (Å²) in [6, 6.07) is 5.82. The predicted molar refractivity (Wildman–Crippen MR) is 55.0 cm³/mol. The van der Waals surface area contributed by atoms with E-state index in [-0.39, 0.29) is 17.2 Å². The Labute approximate surface area is 96.2 Å². The van der Waals surface area contributed by atoms with Gasteiger partial charge in [0.05, 0.1) is 12.7 Å². The Morgan fingerprint density at radius 2 is 1.94 bits per heavy atom. The molecule has 1 heterocycles.